The lowest BCUT2D eigenvalue weighted by atomic mass is 10.2. The molecule has 1 unspecified atom stereocenters. The normalized spacial score (nSPS) is 11.6. The monoisotopic (exact) mass is 192 g/mol. The van der Waals surface area contributed by atoms with E-state index in [0.29, 0.717) is 4.90 Å². The first-order chi connectivity index (χ1) is 5.00. The van der Waals surface area contributed by atoms with Crippen molar-refractivity contribution in [3.8, 4) is 0 Å². The second-order valence-electron chi connectivity index (χ2n) is 2.17. The van der Waals surface area contributed by atoms with Crippen LogP contribution >= 0.6 is 21.9 Å². The van der Waals surface area contributed by atoms with Gasteiger partial charge < -0.3 is 0 Å². The Bertz CT molecular complexity index is 240. The Balaban J connectivity index is 2.99. The van der Waals surface area contributed by atoms with Crippen molar-refractivity contribution < 1.29 is 8.78 Å². The maximum atomic E-state index is 12.5. The highest BCUT2D eigenvalue weighted by atomic mass is 32.1. The second kappa shape index (κ2) is 3.08. The summed E-state index contributed by atoms with van der Waals surface area (Å²) in [6.45, 7) is 0. The van der Waals surface area contributed by atoms with Gasteiger partial charge in [-0.05, 0) is 12.1 Å². The van der Waals surface area contributed by atoms with E-state index in [1.807, 2.05) is 0 Å². The van der Waals surface area contributed by atoms with Gasteiger partial charge in [-0.2, -0.15) is 8.78 Å². The highest BCUT2D eigenvalue weighted by Gasteiger charge is 2.23. The van der Waals surface area contributed by atoms with Crippen molar-refractivity contribution in [2.24, 2.45) is 0 Å². The van der Waals surface area contributed by atoms with Crippen LogP contribution in [0.1, 0.15) is 5.56 Å². The Labute approximate surface area is 71.6 Å². The molecule has 0 amide bonds. The van der Waals surface area contributed by atoms with Crippen LogP contribution in [0.15, 0.2) is 29.2 Å². The fourth-order valence-corrected chi connectivity index (χ4v) is 1.03. The van der Waals surface area contributed by atoms with Crippen LogP contribution in [0.4, 0.5) is 8.78 Å². The maximum absolute atomic E-state index is 12.5. The largest absolute Gasteiger partial charge is 0.283 e. The number of alkyl halides is 2. The van der Waals surface area contributed by atoms with E-state index >= 15 is 0 Å². The standard InChI is InChI=1S/C7H7F2PS/c8-7(9,10)5-1-3-6(11)4-2-5/h1-4,11H,10H2. The van der Waals surface area contributed by atoms with Gasteiger partial charge in [-0.25, -0.2) is 0 Å². The Morgan fingerprint density at radius 2 is 1.64 bits per heavy atom. The SMILES string of the molecule is FC(F)(P)c1ccc(S)cc1. The maximum Gasteiger partial charge on any atom is 0.283 e. The zero-order chi connectivity index (χ0) is 8.48. The summed E-state index contributed by atoms with van der Waals surface area (Å²) < 4.78 is 25.0. The van der Waals surface area contributed by atoms with Gasteiger partial charge in [0.05, 0.1) is 0 Å². The molecule has 0 heterocycles. The summed E-state index contributed by atoms with van der Waals surface area (Å²) in [7, 11) is 1.49. The highest BCUT2D eigenvalue weighted by Crippen LogP contribution is 2.34. The second-order valence-corrected chi connectivity index (χ2v) is 3.41. The van der Waals surface area contributed by atoms with Gasteiger partial charge in [0.15, 0.2) is 0 Å². The third-order valence-electron chi connectivity index (χ3n) is 1.25. The van der Waals surface area contributed by atoms with Crippen LogP contribution in [-0.2, 0) is 5.66 Å². The third kappa shape index (κ3) is 2.42. The van der Waals surface area contributed by atoms with Crippen LogP contribution < -0.4 is 0 Å². The first kappa shape index (κ1) is 8.95. The number of halogens is 2. The first-order valence-electron chi connectivity index (χ1n) is 2.96. The Morgan fingerprint density at radius 3 is 2.00 bits per heavy atom. The fraction of sp³-hybridized carbons (Fsp3) is 0.143. The molecule has 1 rings (SSSR count). The molecule has 0 N–H and O–H groups in total. The van der Waals surface area contributed by atoms with Gasteiger partial charge in [0, 0.05) is 10.5 Å². The van der Waals surface area contributed by atoms with Crippen LogP contribution in [0.2, 0.25) is 0 Å². The molecule has 1 aromatic rings. The van der Waals surface area contributed by atoms with E-state index in [4.69, 9.17) is 0 Å². The van der Waals surface area contributed by atoms with Gasteiger partial charge in [-0.3, -0.25) is 0 Å². The molecule has 0 fully saturated rings. The van der Waals surface area contributed by atoms with Crippen molar-refractivity contribution in [1.82, 2.24) is 0 Å². The van der Waals surface area contributed by atoms with E-state index in [2.05, 4.69) is 12.6 Å². The van der Waals surface area contributed by atoms with Crippen LogP contribution in [-0.4, -0.2) is 0 Å². The summed E-state index contributed by atoms with van der Waals surface area (Å²) in [6.07, 6.45) is 0. The molecule has 4 heteroatoms. The Kier molecular flexibility index (Phi) is 2.50. The molecule has 0 nitrogen and oxygen atoms in total. The number of rotatable bonds is 1. The number of hydrogen-bond donors (Lipinski definition) is 1. The third-order valence-corrected chi connectivity index (χ3v) is 1.88. The lowest BCUT2D eigenvalue weighted by molar-refractivity contribution is 0.104. The highest BCUT2D eigenvalue weighted by molar-refractivity contribution is 7.80. The first-order valence-corrected chi connectivity index (χ1v) is 3.99. The molecule has 0 bridgehead atoms. The van der Waals surface area contributed by atoms with E-state index in [1.165, 1.54) is 33.5 Å². The molecule has 1 aromatic carbocycles. The van der Waals surface area contributed by atoms with E-state index in [-0.39, 0.29) is 5.56 Å². The van der Waals surface area contributed by atoms with Gasteiger partial charge in [0.1, 0.15) is 0 Å². The molecule has 0 radical (unpaired) electrons. The van der Waals surface area contributed by atoms with Crippen molar-refractivity contribution in [2.75, 3.05) is 0 Å². The predicted octanol–water partition coefficient (Wildman–Crippen LogP) is 2.90. The number of hydrogen-bond acceptors (Lipinski definition) is 1. The topological polar surface area (TPSA) is 0 Å². The molecular formula is C7H7F2PS. The summed E-state index contributed by atoms with van der Waals surface area (Å²) in [6, 6.07) is 5.79. The molecule has 0 aromatic heterocycles. The summed E-state index contributed by atoms with van der Waals surface area (Å²) in [5.74, 6) is 0. The minimum atomic E-state index is -2.83. The molecule has 0 saturated carbocycles. The van der Waals surface area contributed by atoms with Gasteiger partial charge >= 0.3 is 0 Å². The quantitative estimate of drug-likeness (QED) is 0.513. The molecule has 0 spiro atoms. The summed E-state index contributed by atoms with van der Waals surface area (Å²) in [5, 5.41) is 0. The minimum Gasteiger partial charge on any atom is -0.197 e. The summed E-state index contributed by atoms with van der Waals surface area (Å²) in [5.41, 5.74) is -2.85. The van der Waals surface area contributed by atoms with Gasteiger partial charge in [-0.1, -0.05) is 21.4 Å². The summed E-state index contributed by atoms with van der Waals surface area (Å²) in [4.78, 5) is 0.683. The molecule has 0 aliphatic rings. The average molecular weight is 192 g/mol. The van der Waals surface area contributed by atoms with E-state index in [9.17, 15) is 8.78 Å². The molecule has 11 heavy (non-hydrogen) atoms. The fourth-order valence-electron chi connectivity index (χ4n) is 0.684. The smallest absolute Gasteiger partial charge is 0.197 e. The van der Waals surface area contributed by atoms with E-state index < -0.39 is 5.66 Å². The van der Waals surface area contributed by atoms with Crippen LogP contribution in [0.25, 0.3) is 0 Å². The molecule has 1 atom stereocenters. The average Bonchev–Trinajstić information content (AvgIpc) is 1.86. The van der Waals surface area contributed by atoms with Gasteiger partial charge in [-0.15, -0.1) is 12.6 Å². The molecule has 0 aliphatic carbocycles. The lowest BCUT2D eigenvalue weighted by Gasteiger charge is -2.09. The van der Waals surface area contributed by atoms with Crippen molar-refractivity contribution in [3.05, 3.63) is 29.8 Å². The van der Waals surface area contributed by atoms with Crippen molar-refractivity contribution in [3.63, 3.8) is 0 Å². The van der Waals surface area contributed by atoms with Crippen molar-refractivity contribution in [1.29, 1.82) is 0 Å². The Morgan fingerprint density at radius 1 is 1.18 bits per heavy atom. The van der Waals surface area contributed by atoms with Crippen LogP contribution in [0, 0.1) is 0 Å². The van der Waals surface area contributed by atoms with Crippen LogP contribution in [0.5, 0.6) is 0 Å². The molecule has 60 valence electrons. The van der Waals surface area contributed by atoms with E-state index in [0.717, 1.165) is 0 Å². The van der Waals surface area contributed by atoms with E-state index in [1.54, 1.807) is 0 Å². The summed E-state index contributed by atoms with van der Waals surface area (Å²) >= 11 is 3.98. The Hall–Kier alpha value is -0.140. The molecule has 0 saturated heterocycles. The zero-order valence-electron chi connectivity index (χ0n) is 5.59. The minimum absolute atomic E-state index is 0.0136. The predicted molar refractivity (Wildman–Crippen MR) is 47.3 cm³/mol. The lowest BCUT2D eigenvalue weighted by Crippen LogP contribution is -2.00. The van der Waals surface area contributed by atoms with Crippen LogP contribution in [0.3, 0.4) is 0 Å². The van der Waals surface area contributed by atoms with Gasteiger partial charge in [0.2, 0.25) is 0 Å². The zero-order valence-corrected chi connectivity index (χ0v) is 7.64. The van der Waals surface area contributed by atoms with Crippen molar-refractivity contribution >= 4 is 21.9 Å². The molecular weight excluding hydrogens is 185 g/mol. The van der Waals surface area contributed by atoms with Gasteiger partial charge in [0.25, 0.3) is 5.66 Å². The number of thiol groups is 1. The van der Waals surface area contributed by atoms with Crippen molar-refractivity contribution in [2.45, 2.75) is 10.6 Å². The molecule has 0 aliphatic heterocycles. The number of benzene rings is 1.